The van der Waals surface area contributed by atoms with Gasteiger partial charge in [-0.1, -0.05) is 37.3 Å². The van der Waals surface area contributed by atoms with Gasteiger partial charge in [-0.3, -0.25) is 9.48 Å². The quantitative estimate of drug-likeness (QED) is 0.805. The number of nitrogens with one attached hydrogen (secondary N) is 1. The van der Waals surface area contributed by atoms with E-state index in [1.165, 1.54) is 0 Å². The summed E-state index contributed by atoms with van der Waals surface area (Å²) in [6.45, 7) is 3.95. The SMILES string of the molecule is CCC(NC(=O)c1cc(C)nc2c1cnn2C)c1ccccc1. The monoisotopic (exact) mass is 308 g/mol. The van der Waals surface area contributed by atoms with Crippen molar-refractivity contribution in [1.29, 1.82) is 0 Å². The Morgan fingerprint density at radius 3 is 2.74 bits per heavy atom. The Labute approximate surface area is 135 Å². The zero-order valence-electron chi connectivity index (χ0n) is 13.6. The number of carbonyl (C=O) groups is 1. The second-order valence-electron chi connectivity index (χ2n) is 5.66. The van der Waals surface area contributed by atoms with Crippen LogP contribution in [0, 0.1) is 6.92 Å². The van der Waals surface area contributed by atoms with Gasteiger partial charge in [0.2, 0.25) is 0 Å². The topological polar surface area (TPSA) is 59.8 Å². The summed E-state index contributed by atoms with van der Waals surface area (Å²) in [6.07, 6.45) is 2.52. The van der Waals surface area contributed by atoms with E-state index >= 15 is 0 Å². The number of rotatable bonds is 4. The highest BCUT2D eigenvalue weighted by molar-refractivity contribution is 6.05. The first-order valence-electron chi connectivity index (χ1n) is 7.75. The summed E-state index contributed by atoms with van der Waals surface area (Å²) in [4.78, 5) is 17.2. The molecule has 0 radical (unpaired) electrons. The Bertz CT molecular complexity index is 839. The van der Waals surface area contributed by atoms with E-state index in [-0.39, 0.29) is 11.9 Å². The lowest BCUT2D eigenvalue weighted by Crippen LogP contribution is -2.28. The van der Waals surface area contributed by atoms with E-state index in [0.717, 1.165) is 28.7 Å². The molecule has 1 N–H and O–H groups in total. The molecule has 0 bridgehead atoms. The Balaban J connectivity index is 1.94. The predicted octanol–water partition coefficient (Wildman–Crippen LogP) is 3.16. The highest BCUT2D eigenvalue weighted by Crippen LogP contribution is 2.21. The van der Waals surface area contributed by atoms with E-state index in [1.54, 1.807) is 10.9 Å². The number of amides is 1. The first kappa shape index (κ1) is 15.2. The van der Waals surface area contributed by atoms with Crippen LogP contribution in [0.15, 0.2) is 42.6 Å². The first-order valence-corrected chi connectivity index (χ1v) is 7.75. The van der Waals surface area contributed by atoms with Crippen LogP contribution in [0.4, 0.5) is 0 Å². The molecule has 118 valence electrons. The van der Waals surface area contributed by atoms with Crippen LogP contribution in [0.3, 0.4) is 0 Å². The number of nitrogens with zero attached hydrogens (tertiary/aromatic N) is 3. The number of benzene rings is 1. The first-order chi connectivity index (χ1) is 11.1. The van der Waals surface area contributed by atoms with Gasteiger partial charge in [0.1, 0.15) is 0 Å². The standard InChI is InChI=1S/C18H20N4O/c1-4-16(13-8-6-5-7-9-13)21-18(23)14-10-12(2)20-17-15(14)11-19-22(17)3/h5-11,16H,4H2,1-3H3,(H,21,23). The number of pyridine rings is 1. The molecule has 2 aromatic heterocycles. The van der Waals surface area contributed by atoms with Crippen LogP contribution in [0.1, 0.15) is 41.0 Å². The van der Waals surface area contributed by atoms with Gasteiger partial charge in [-0.05, 0) is 25.0 Å². The van der Waals surface area contributed by atoms with Crippen LogP contribution in [-0.4, -0.2) is 20.7 Å². The molecule has 1 unspecified atom stereocenters. The number of hydrogen-bond acceptors (Lipinski definition) is 3. The average molecular weight is 308 g/mol. The maximum Gasteiger partial charge on any atom is 0.252 e. The molecule has 0 saturated carbocycles. The van der Waals surface area contributed by atoms with Gasteiger partial charge in [0.25, 0.3) is 5.91 Å². The van der Waals surface area contributed by atoms with Crippen LogP contribution in [0.25, 0.3) is 11.0 Å². The summed E-state index contributed by atoms with van der Waals surface area (Å²) in [5.74, 6) is -0.0933. The van der Waals surface area contributed by atoms with Crippen LogP contribution in [0.5, 0.6) is 0 Å². The fraction of sp³-hybridized carbons (Fsp3) is 0.278. The molecular formula is C18H20N4O. The van der Waals surface area contributed by atoms with Gasteiger partial charge < -0.3 is 5.32 Å². The molecule has 0 saturated heterocycles. The molecule has 0 aliphatic heterocycles. The minimum absolute atomic E-state index is 0.0103. The molecular weight excluding hydrogens is 288 g/mol. The second kappa shape index (κ2) is 6.20. The van der Waals surface area contributed by atoms with Crippen molar-refractivity contribution >= 4 is 16.9 Å². The molecule has 1 aromatic carbocycles. The lowest BCUT2D eigenvalue weighted by Gasteiger charge is -2.18. The summed E-state index contributed by atoms with van der Waals surface area (Å²) in [5.41, 5.74) is 3.26. The normalized spacial score (nSPS) is 12.3. The number of aryl methyl sites for hydroxylation is 2. The van der Waals surface area contributed by atoms with E-state index in [4.69, 9.17) is 0 Å². The fourth-order valence-electron chi connectivity index (χ4n) is 2.77. The Morgan fingerprint density at radius 2 is 2.04 bits per heavy atom. The molecule has 3 aromatic rings. The van der Waals surface area contributed by atoms with E-state index in [2.05, 4.69) is 22.3 Å². The number of aromatic nitrogens is 3. The summed E-state index contributed by atoms with van der Waals surface area (Å²) in [5, 5.41) is 8.11. The molecule has 5 nitrogen and oxygen atoms in total. The summed E-state index contributed by atoms with van der Waals surface area (Å²) in [6, 6.07) is 11.8. The average Bonchev–Trinajstić information content (AvgIpc) is 2.93. The third kappa shape index (κ3) is 2.95. The molecule has 0 aliphatic carbocycles. The Hall–Kier alpha value is -2.69. The van der Waals surface area contributed by atoms with Gasteiger partial charge in [-0.2, -0.15) is 5.10 Å². The molecule has 1 amide bonds. The molecule has 23 heavy (non-hydrogen) atoms. The van der Waals surface area contributed by atoms with E-state index < -0.39 is 0 Å². The van der Waals surface area contributed by atoms with Crippen molar-refractivity contribution in [3.63, 3.8) is 0 Å². The van der Waals surface area contributed by atoms with Crippen LogP contribution >= 0.6 is 0 Å². The van der Waals surface area contributed by atoms with Crippen molar-refractivity contribution in [2.75, 3.05) is 0 Å². The zero-order chi connectivity index (χ0) is 16.4. The smallest absolute Gasteiger partial charge is 0.252 e. The van der Waals surface area contributed by atoms with E-state index in [9.17, 15) is 4.79 Å². The van der Waals surface area contributed by atoms with Crippen LogP contribution in [-0.2, 0) is 7.05 Å². The Kier molecular flexibility index (Phi) is 4.10. The molecule has 0 spiro atoms. The van der Waals surface area contributed by atoms with Crippen molar-refractivity contribution in [3.8, 4) is 0 Å². The van der Waals surface area contributed by atoms with Gasteiger partial charge in [-0.25, -0.2) is 4.98 Å². The molecule has 0 fully saturated rings. The van der Waals surface area contributed by atoms with Crippen LogP contribution < -0.4 is 5.32 Å². The van der Waals surface area contributed by atoms with Gasteiger partial charge in [0, 0.05) is 12.7 Å². The molecule has 5 heteroatoms. The van der Waals surface area contributed by atoms with Gasteiger partial charge >= 0.3 is 0 Å². The number of carbonyl (C=O) groups excluding carboxylic acids is 1. The second-order valence-corrected chi connectivity index (χ2v) is 5.66. The van der Waals surface area contributed by atoms with Crippen molar-refractivity contribution in [2.45, 2.75) is 26.3 Å². The largest absolute Gasteiger partial charge is 0.345 e. The lowest BCUT2D eigenvalue weighted by atomic mass is 10.0. The molecule has 3 rings (SSSR count). The van der Waals surface area contributed by atoms with Gasteiger partial charge in [-0.15, -0.1) is 0 Å². The zero-order valence-corrected chi connectivity index (χ0v) is 13.6. The van der Waals surface area contributed by atoms with Crippen LogP contribution in [0.2, 0.25) is 0 Å². The Morgan fingerprint density at radius 1 is 1.30 bits per heavy atom. The summed E-state index contributed by atoms with van der Waals surface area (Å²) in [7, 11) is 1.83. The highest BCUT2D eigenvalue weighted by atomic mass is 16.1. The lowest BCUT2D eigenvalue weighted by molar-refractivity contribution is 0.0937. The summed E-state index contributed by atoms with van der Waals surface area (Å²) >= 11 is 0. The predicted molar refractivity (Wildman–Crippen MR) is 90.2 cm³/mol. The maximum absolute atomic E-state index is 12.8. The fourth-order valence-corrected chi connectivity index (χ4v) is 2.77. The minimum Gasteiger partial charge on any atom is -0.345 e. The molecule has 2 heterocycles. The number of fused-ring (bicyclic) bond motifs is 1. The van der Waals surface area contributed by atoms with Crippen molar-refractivity contribution in [3.05, 3.63) is 59.4 Å². The van der Waals surface area contributed by atoms with Crippen molar-refractivity contribution in [2.24, 2.45) is 7.05 Å². The molecule has 1 atom stereocenters. The van der Waals surface area contributed by atoms with Gasteiger partial charge in [0.15, 0.2) is 5.65 Å². The van der Waals surface area contributed by atoms with Gasteiger partial charge in [0.05, 0.1) is 23.2 Å². The van der Waals surface area contributed by atoms with Crippen molar-refractivity contribution in [1.82, 2.24) is 20.1 Å². The highest BCUT2D eigenvalue weighted by Gasteiger charge is 2.18. The maximum atomic E-state index is 12.8. The van der Waals surface area contributed by atoms with E-state index in [1.807, 2.05) is 50.4 Å². The van der Waals surface area contributed by atoms with E-state index in [0.29, 0.717) is 5.56 Å². The number of hydrogen-bond donors (Lipinski definition) is 1. The molecule has 0 aliphatic rings. The minimum atomic E-state index is -0.0933. The van der Waals surface area contributed by atoms with Crippen molar-refractivity contribution < 1.29 is 4.79 Å². The third-order valence-electron chi connectivity index (χ3n) is 3.99. The summed E-state index contributed by atoms with van der Waals surface area (Å²) < 4.78 is 1.69. The third-order valence-corrected chi connectivity index (χ3v) is 3.99.